The van der Waals surface area contributed by atoms with Crippen molar-refractivity contribution in [2.45, 2.75) is 13.8 Å². The van der Waals surface area contributed by atoms with Crippen LogP contribution in [0.3, 0.4) is 0 Å². The van der Waals surface area contributed by atoms with Crippen LogP contribution in [0.25, 0.3) is 0 Å². The number of carbonyl (C=O) groups excluding carboxylic acids is 2. The van der Waals surface area contributed by atoms with Crippen LogP contribution in [-0.2, 0) is 4.74 Å². The zero-order valence-electron chi connectivity index (χ0n) is 11.7. The highest BCUT2D eigenvalue weighted by atomic mass is 32.1. The molecule has 7 heteroatoms. The van der Waals surface area contributed by atoms with Gasteiger partial charge in [-0.2, -0.15) is 0 Å². The van der Waals surface area contributed by atoms with Crippen LogP contribution in [0.4, 0.5) is 15.2 Å². The molecule has 0 aliphatic carbocycles. The first-order chi connectivity index (χ1) is 9.93. The van der Waals surface area contributed by atoms with Crippen molar-refractivity contribution in [3.8, 4) is 0 Å². The zero-order chi connectivity index (χ0) is 15.6. The highest BCUT2D eigenvalue weighted by Gasteiger charge is 2.22. The Balaban J connectivity index is 2.39. The number of thiazole rings is 1. The Morgan fingerprint density at radius 1 is 1.38 bits per heavy atom. The summed E-state index contributed by atoms with van der Waals surface area (Å²) < 4.78 is 18.1. The first-order valence-electron chi connectivity index (χ1n) is 6.06. The van der Waals surface area contributed by atoms with E-state index in [2.05, 4.69) is 15.0 Å². The number of Topliss-reactive ketones (excluding diaryl/α,β-unsaturated/α-hetero) is 1. The molecule has 0 radical (unpaired) electrons. The van der Waals surface area contributed by atoms with E-state index in [-0.39, 0.29) is 22.2 Å². The summed E-state index contributed by atoms with van der Waals surface area (Å²) in [6.45, 7) is 2.97. The van der Waals surface area contributed by atoms with E-state index in [1.54, 1.807) is 19.1 Å². The number of hydrogen-bond donors (Lipinski definition) is 1. The molecule has 110 valence electrons. The van der Waals surface area contributed by atoms with E-state index in [0.717, 1.165) is 11.3 Å². The summed E-state index contributed by atoms with van der Waals surface area (Å²) in [5.41, 5.74) is 0.915. The molecule has 0 fully saturated rings. The van der Waals surface area contributed by atoms with Crippen molar-refractivity contribution in [1.82, 2.24) is 4.98 Å². The van der Waals surface area contributed by atoms with E-state index < -0.39 is 5.97 Å². The molecule has 0 aliphatic heterocycles. The molecule has 0 spiro atoms. The molecule has 0 aliphatic rings. The molecule has 2 rings (SSSR count). The predicted octanol–water partition coefficient (Wildman–Crippen LogP) is 3.32. The van der Waals surface area contributed by atoms with E-state index in [1.165, 1.54) is 20.1 Å². The number of carbonyl (C=O) groups is 2. The fourth-order valence-electron chi connectivity index (χ4n) is 1.71. The first kappa shape index (κ1) is 15.1. The van der Waals surface area contributed by atoms with Crippen molar-refractivity contribution >= 4 is 33.9 Å². The molecule has 0 saturated heterocycles. The third kappa shape index (κ3) is 3.08. The molecule has 1 aromatic carbocycles. The van der Waals surface area contributed by atoms with Crippen LogP contribution >= 0.6 is 11.3 Å². The number of halogens is 1. The molecule has 0 amide bonds. The monoisotopic (exact) mass is 308 g/mol. The predicted molar refractivity (Wildman–Crippen MR) is 77.9 cm³/mol. The lowest BCUT2D eigenvalue weighted by Gasteiger charge is -2.06. The normalized spacial score (nSPS) is 10.3. The number of nitrogens with zero attached hydrogens (tertiary/aromatic N) is 1. The van der Waals surface area contributed by atoms with Crippen molar-refractivity contribution in [3.05, 3.63) is 40.2 Å². The maximum absolute atomic E-state index is 13.5. The number of ketones is 1. The van der Waals surface area contributed by atoms with Crippen LogP contribution in [-0.4, -0.2) is 23.8 Å². The van der Waals surface area contributed by atoms with Gasteiger partial charge in [-0.25, -0.2) is 14.2 Å². The molecule has 0 unspecified atom stereocenters. The Bertz CT molecular complexity index is 712. The maximum atomic E-state index is 13.5. The van der Waals surface area contributed by atoms with Crippen molar-refractivity contribution in [3.63, 3.8) is 0 Å². The molecule has 21 heavy (non-hydrogen) atoms. The van der Waals surface area contributed by atoms with Gasteiger partial charge in [0.25, 0.3) is 0 Å². The summed E-state index contributed by atoms with van der Waals surface area (Å²) in [4.78, 5) is 27.4. The van der Waals surface area contributed by atoms with E-state index >= 15 is 0 Å². The molecule has 2 aromatic rings. The third-order valence-corrected chi connectivity index (χ3v) is 3.91. The summed E-state index contributed by atoms with van der Waals surface area (Å²) in [6.07, 6.45) is 0. The maximum Gasteiger partial charge on any atom is 0.358 e. The fourth-order valence-corrected chi connectivity index (χ4v) is 2.57. The van der Waals surface area contributed by atoms with Crippen molar-refractivity contribution in [2.75, 3.05) is 12.4 Å². The Morgan fingerprint density at radius 3 is 2.71 bits per heavy atom. The van der Waals surface area contributed by atoms with Crippen molar-refractivity contribution < 1.29 is 18.7 Å². The zero-order valence-corrected chi connectivity index (χ0v) is 12.5. The van der Waals surface area contributed by atoms with Crippen LogP contribution in [0.5, 0.6) is 0 Å². The summed E-state index contributed by atoms with van der Waals surface area (Å²) in [6, 6.07) is 4.60. The fraction of sp³-hybridized carbons (Fsp3) is 0.214. The van der Waals surface area contributed by atoms with Crippen molar-refractivity contribution in [1.29, 1.82) is 0 Å². The van der Waals surface area contributed by atoms with Gasteiger partial charge in [0.15, 0.2) is 16.6 Å². The van der Waals surface area contributed by atoms with Crippen LogP contribution in [0.2, 0.25) is 0 Å². The highest BCUT2D eigenvalue weighted by molar-refractivity contribution is 7.17. The van der Waals surface area contributed by atoms with E-state index in [0.29, 0.717) is 16.4 Å². The van der Waals surface area contributed by atoms with Gasteiger partial charge >= 0.3 is 5.97 Å². The van der Waals surface area contributed by atoms with E-state index in [4.69, 9.17) is 0 Å². The minimum Gasteiger partial charge on any atom is -0.464 e. The summed E-state index contributed by atoms with van der Waals surface area (Å²) >= 11 is 1.03. The Morgan fingerprint density at radius 2 is 2.10 bits per heavy atom. The number of anilines is 2. The van der Waals surface area contributed by atoms with Crippen LogP contribution < -0.4 is 5.32 Å². The Kier molecular flexibility index (Phi) is 4.32. The number of esters is 1. The third-order valence-electron chi connectivity index (χ3n) is 2.83. The quantitative estimate of drug-likeness (QED) is 0.693. The molecule has 1 heterocycles. The molecule has 0 atom stereocenters. The minimum absolute atomic E-state index is 0.0356. The summed E-state index contributed by atoms with van der Waals surface area (Å²) in [5.74, 6) is -1.31. The van der Waals surface area contributed by atoms with Gasteiger partial charge in [0, 0.05) is 18.2 Å². The van der Waals surface area contributed by atoms with Gasteiger partial charge in [0.05, 0.1) is 7.11 Å². The van der Waals surface area contributed by atoms with Gasteiger partial charge in [-0.1, -0.05) is 17.4 Å². The highest BCUT2D eigenvalue weighted by Crippen LogP contribution is 2.29. The molecule has 5 nitrogen and oxygen atoms in total. The number of methoxy groups -OCH3 is 1. The topological polar surface area (TPSA) is 68.3 Å². The SMILES string of the molecule is COC(=O)c1nc(Nc2cccc(F)c2C)sc1C(C)=O. The number of benzene rings is 1. The summed E-state index contributed by atoms with van der Waals surface area (Å²) in [5, 5.41) is 3.24. The summed E-state index contributed by atoms with van der Waals surface area (Å²) in [7, 11) is 1.22. The second kappa shape index (κ2) is 6.01. The lowest BCUT2D eigenvalue weighted by Crippen LogP contribution is -2.07. The molecular weight excluding hydrogens is 295 g/mol. The van der Waals surface area contributed by atoms with Gasteiger partial charge in [-0.3, -0.25) is 4.79 Å². The van der Waals surface area contributed by atoms with Crippen LogP contribution in [0, 0.1) is 12.7 Å². The van der Waals surface area contributed by atoms with E-state index in [9.17, 15) is 14.0 Å². The van der Waals surface area contributed by atoms with Gasteiger partial charge in [-0.05, 0) is 19.1 Å². The molecule has 1 aromatic heterocycles. The molecule has 0 bridgehead atoms. The average molecular weight is 308 g/mol. The smallest absolute Gasteiger partial charge is 0.358 e. The average Bonchev–Trinajstić information content (AvgIpc) is 2.87. The van der Waals surface area contributed by atoms with Crippen LogP contribution in [0.15, 0.2) is 18.2 Å². The second-order valence-electron chi connectivity index (χ2n) is 4.28. The molecule has 1 N–H and O–H groups in total. The Labute approximate surface area is 124 Å². The Hall–Kier alpha value is -2.28. The number of hydrogen-bond acceptors (Lipinski definition) is 6. The number of rotatable bonds is 4. The van der Waals surface area contributed by atoms with Gasteiger partial charge in [0.2, 0.25) is 0 Å². The number of ether oxygens (including phenoxy) is 1. The van der Waals surface area contributed by atoms with Gasteiger partial charge < -0.3 is 10.1 Å². The van der Waals surface area contributed by atoms with Crippen LogP contribution in [0.1, 0.15) is 32.6 Å². The molecule has 0 saturated carbocycles. The first-order valence-corrected chi connectivity index (χ1v) is 6.88. The lowest BCUT2D eigenvalue weighted by molar-refractivity contribution is 0.0591. The molecular formula is C14H13FN2O3S. The second-order valence-corrected chi connectivity index (χ2v) is 5.28. The van der Waals surface area contributed by atoms with Gasteiger partial charge in [-0.15, -0.1) is 0 Å². The lowest BCUT2D eigenvalue weighted by atomic mass is 10.2. The van der Waals surface area contributed by atoms with Crippen molar-refractivity contribution in [2.24, 2.45) is 0 Å². The number of nitrogens with one attached hydrogen (secondary N) is 1. The number of aromatic nitrogens is 1. The van der Waals surface area contributed by atoms with E-state index in [1.807, 2.05) is 0 Å². The standard InChI is InChI=1S/C14H13FN2O3S/c1-7-9(15)5-4-6-10(7)16-14-17-11(13(19)20-3)12(21-14)8(2)18/h4-6H,1-3H3,(H,16,17). The largest absolute Gasteiger partial charge is 0.464 e. The van der Waals surface area contributed by atoms with Gasteiger partial charge in [0.1, 0.15) is 10.7 Å². The minimum atomic E-state index is -0.680.